The second-order valence-electron chi connectivity index (χ2n) is 7.76. The number of amides is 2. The molecule has 6 nitrogen and oxygen atoms in total. The Hall–Kier alpha value is -1.86. The minimum absolute atomic E-state index is 0.0990. The SMILES string of the molecule is O=C(NCCN1CCN(C(=O)C2CCCC2)CC1)c1[nH]c2ccccc2c1Br. The largest absolute Gasteiger partial charge is 0.350 e. The van der Waals surface area contributed by atoms with Crippen molar-refractivity contribution >= 4 is 38.6 Å². The van der Waals surface area contributed by atoms with E-state index in [1.54, 1.807) is 0 Å². The van der Waals surface area contributed by atoms with Crippen molar-refractivity contribution in [1.29, 1.82) is 0 Å². The summed E-state index contributed by atoms with van der Waals surface area (Å²) in [5, 5.41) is 4.01. The normalized spacial score (nSPS) is 18.7. The number of carbonyl (C=O) groups excluding carboxylic acids is 2. The van der Waals surface area contributed by atoms with E-state index < -0.39 is 0 Å². The molecule has 2 heterocycles. The minimum Gasteiger partial charge on any atom is -0.350 e. The smallest absolute Gasteiger partial charge is 0.268 e. The Bertz CT molecular complexity index is 851. The Balaban J connectivity index is 1.23. The third kappa shape index (κ3) is 4.10. The van der Waals surface area contributed by atoms with Gasteiger partial charge >= 0.3 is 0 Å². The fourth-order valence-electron chi connectivity index (χ4n) is 4.30. The van der Waals surface area contributed by atoms with E-state index in [4.69, 9.17) is 0 Å². The van der Waals surface area contributed by atoms with E-state index in [1.165, 1.54) is 12.8 Å². The molecular formula is C21H27BrN4O2. The molecule has 0 bridgehead atoms. The third-order valence-corrected chi connectivity index (χ3v) is 6.80. The number of rotatable bonds is 5. The number of H-pyrrole nitrogens is 1. The van der Waals surface area contributed by atoms with Gasteiger partial charge in [0.2, 0.25) is 5.91 Å². The molecule has 2 N–H and O–H groups in total. The molecule has 1 aromatic carbocycles. The first-order valence-electron chi connectivity index (χ1n) is 10.2. The third-order valence-electron chi connectivity index (χ3n) is 5.97. The summed E-state index contributed by atoms with van der Waals surface area (Å²) in [4.78, 5) is 32.6. The van der Waals surface area contributed by atoms with Crippen molar-refractivity contribution < 1.29 is 9.59 Å². The van der Waals surface area contributed by atoms with Crippen LogP contribution in [0.15, 0.2) is 28.7 Å². The van der Waals surface area contributed by atoms with Crippen molar-refractivity contribution in [3.63, 3.8) is 0 Å². The molecule has 1 aliphatic heterocycles. The van der Waals surface area contributed by atoms with E-state index in [1.807, 2.05) is 29.2 Å². The van der Waals surface area contributed by atoms with Gasteiger partial charge in [-0.05, 0) is 34.8 Å². The summed E-state index contributed by atoms with van der Waals surface area (Å²) in [5.74, 6) is 0.521. The maximum Gasteiger partial charge on any atom is 0.268 e. The zero-order chi connectivity index (χ0) is 19.5. The van der Waals surface area contributed by atoms with Gasteiger partial charge in [-0.1, -0.05) is 31.0 Å². The second kappa shape index (κ2) is 8.66. The number of nitrogens with zero attached hydrogens (tertiary/aromatic N) is 2. The molecule has 0 radical (unpaired) electrons. The van der Waals surface area contributed by atoms with Crippen LogP contribution in [0.2, 0.25) is 0 Å². The van der Waals surface area contributed by atoms with Crippen LogP contribution in [0.3, 0.4) is 0 Å². The standard InChI is InChI=1S/C21H27BrN4O2/c22-18-16-7-3-4-8-17(16)24-19(18)20(27)23-9-10-25-11-13-26(14-12-25)21(28)15-5-1-2-6-15/h3-4,7-8,15,24H,1-2,5-6,9-14H2,(H,23,27). The lowest BCUT2D eigenvalue weighted by molar-refractivity contribution is -0.137. The molecule has 7 heteroatoms. The van der Waals surface area contributed by atoms with Gasteiger partial charge in [0, 0.05) is 56.1 Å². The van der Waals surface area contributed by atoms with Crippen LogP contribution in [0, 0.1) is 5.92 Å². The van der Waals surface area contributed by atoms with Crippen LogP contribution in [0.1, 0.15) is 36.2 Å². The highest BCUT2D eigenvalue weighted by Crippen LogP contribution is 2.28. The van der Waals surface area contributed by atoms with Crippen molar-refractivity contribution in [1.82, 2.24) is 20.1 Å². The van der Waals surface area contributed by atoms with Gasteiger partial charge in [-0.2, -0.15) is 0 Å². The van der Waals surface area contributed by atoms with Gasteiger partial charge in [-0.3, -0.25) is 14.5 Å². The van der Waals surface area contributed by atoms with E-state index in [0.717, 1.165) is 60.9 Å². The summed E-state index contributed by atoms with van der Waals surface area (Å²) in [6.07, 6.45) is 4.52. The van der Waals surface area contributed by atoms with E-state index in [-0.39, 0.29) is 11.8 Å². The number of benzene rings is 1. The quantitative estimate of drug-likeness (QED) is 0.741. The first-order valence-corrected chi connectivity index (χ1v) is 11.0. The molecule has 1 saturated carbocycles. The number of piperazine rings is 1. The molecule has 2 amide bonds. The number of para-hydroxylation sites is 1. The molecule has 0 spiro atoms. The maximum absolute atomic E-state index is 12.5. The van der Waals surface area contributed by atoms with Crippen LogP contribution in [0.25, 0.3) is 10.9 Å². The van der Waals surface area contributed by atoms with Crippen molar-refractivity contribution in [2.24, 2.45) is 5.92 Å². The van der Waals surface area contributed by atoms with Gasteiger partial charge in [0.25, 0.3) is 5.91 Å². The Morgan fingerprint density at radius 2 is 1.82 bits per heavy atom. The minimum atomic E-state index is -0.0990. The number of halogens is 1. The summed E-state index contributed by atoms with van der Waals surface area (Å²) >= 11 is 3.53. The van der Waals surface area contributed by atoms with Crippen molar-refractivity contribution in [2.45, 2.75) is 25.7 Å². The highest BCUT2D eigenvalue weighted by Gasteiger charge is 2.29. The molecular weight excluding hydrogens is 420 g/mol. The predicted molar refractivity (Wildman–Crippen MR) is 113 cm³/mol. The molecule has 28 heavy (non-hydrogen) atoms. The number of aromatic nitrogens is 1. The lowest BCUT2D eigenvalue weighted by Gasteiger charge is -2.36. The van der Waals surface area contributed by atoms with Crippen LogP contribution in [0.5, 0.6) is 0 Å². The van der Waals surface area contributed by atoms with Gasteiger partial charge in [0.05, 0.1) is 4.47 Å². The van der Waals surface area contributed by atoms with Crippen LogP contribution in [-0.2, 0) is 4.79 Å². The number of aromatic amines is 1. The zero-order valence-electron chi connectivity index (χ0n) is 16.0. The van der Waals surface area contributed by atoms with Crippen molar-refractivity contribution in [3.05, 3.63) is 34.4 Å². The second-order valence-corrected chi connectivity index (χ2v) is 8.56. The summed E-state index contributed by atoms with van der Waals surface area (Å²) in [5.41, 5.74) is 1.51. The Kier molecular flexibility index (Phi) is 6.01. The zero-order valence-corrected chi connectivity index (χ0v) is 17.6. The summed E-state index contributed by atoms with van der Waals surface area (Å²) in [6, 6.07) is 7.85. The van der Waals surface area contributed by atoms with E-state index in [0.29, 0.717) is 18.1 Å². The Labute approximate surface area is 173 Å². The van der Waals surface area contributed by atoms with Gasteiger partial charge in [0.15, 0.2) is 0 Å². The van der Waals surface area contributed by atoms with Gasteiger partial charge in [0.1, 0.15) is 5.69 Å². The number of carbonyl (C=O) groups is 2. The lowest BCUT2D eigenvalue weighted by Crippen LogP contribution is -2.51. The van der Waals surface area contributed by atoms with Crippen LogP contribution >= 0.6 is 15.9 Å². The van der Waals surface area contributed by atoms with E-state index in [9.17, 15) is 9.59 Å². The number of hydrogen-bond donors (Lipinski definition) is 2. The summed E-state index contributed by atoms with van der Waals surface area (Å²) in [6.45, 7) is 4.76. The number of hydrogen-bond acceptors (Lipinski definition) is 3. The van der Waals surface area contributed by atoms with Gasteiger partial charge in [-0.25, -0.2) is 0 Å². The topological polar surface area (TPSA) is 68.4 Å². The first-order chi connectivity index (χ1) is 13.6. The molecule has 150 valence electrons. The van der Waals surface area contributed by atoms with Crippen LogP contribution < -0.4 is 5.32 Å². The summed E-state index contributed by atoms with van der Waals surface area (Å²) < 4.78 is 0.805. The molecule has 0 unspecified atom stereocenters. The van der Waals surface area contributed by atoms with Gasteiger partial charge in [-0.15, -0.1) is 0 Å². The fourth-order valence-corrected chi connectivity index (χ4v) is 4.93. The van der Waals surface area contributed by atoms with Crippen molar-refractivity contribution in [2.75, 3.05) is 39.3 Å². The molecule has 2 aliphatic rings. The Morgan fingerprint density at radius 3 is 2.54 bits per heavy atom. The van der Waals surface area contributed by atoms with E-state index in [2.05, 4.69) is 31.1 Å². The molecule has 2 aromatic rings. The van der Waals surface area contributed by atoms with Crippen molar-refractivity contribution in [3.8, 4) is 0 Å². The van der Waals surface area contributed by atoms with E-state index >= 15 is 0 Å². The molecule has 1 saturated heterocycles. The lowest BCUT2D eigenvalue weighted by atomic mass is 10.1. The number of fused-ring (bicyclic) bond motifs is 1. The molecule has 0 atom stereocenters. The predicted octanol–water partition coefficient (Wildman–Crippen LogP) is 2.99. The van der Waals surface area contributed by atoms with Gasteiger partial charge < -0.3 is 15.2 Å². The average molecular weight is 447 g/mol. The molecule has 4 rings (SSSR count). The first kappa shape index (κ1) is 19.5. The highest BCUT2D eigenvalue weighted by atomic mass is 79.9. The average Bonchev–Trinajstić information content (AvgIpc) is 3.37. The fraction of sp³-hybridized carbons (Fsp3) is 0.524. The van der Waals surface area contributed by atoms with Crippen LogP contribution in [0.4, 0.5) is 0 Å². The summed E-state index contributed by atoms with van der Waals surface area (Å²) in [7, 11) is 0. The Morgan fingerprint density at radius 1 is 1.11 bits per heavy atom. The van der Waals surface area contributed by atoms with Crippen LogP contribution in [-0.4, -0.2) is 65.9 Å². The monoisotopic (exact) mass is 446 g/mol. The maximum atomic E-state index is 12.5. The highest BCUT2D eigenvalue weighted by molar-refractivity contribution is 9.10. The molecule has 1 aliphatic carbocycles. The molecule has 2 fully saturated rings. The molecule has 1 aromatic heterocycles. The number of nitrogens with one attached hydrogen (secondary N) is 2.